The number of fused-ring (bicyclic) bond motifs is 1. The largest absolute Gasteiger partial charge is 0.497 e. The van der Waals surface area contributed by atoms with Gasteiger partial charge in [0, 0.05) is 6.54 Å². The normalized spacial score (nSPS) is 10.6. The highest BCUT2D eigenvalue weighted by Gasteiger charge is 2.08. The lowest BCUT2D eigenvalue weighted by atomic mass is 10.2. The molecule has 3 aromatic rings. The van der Waals surface area contributed by atoms with Crippen LogP contribution in [0.25, 0.3) is 10.9 Å². The van der Waals surface area contributed by atoms with E-state index in [9.17, 15) is 4.39 Å². The summed E-state index contributed by atoms with van der Waals surface area (Å²) in [6, 6.07) is 12.5. The molecule has 0 amide bonds. The van der Waals surface area contributed by atoms with Crippen molar-refractivity contribution in [2.24, 2.45) is 0 Å². The zero-order valence-corrected chi connectivity index (χ0v) is 11.5. The lowest BCUT2D eigenvalue weighted by Gasteiger charge is -2.09. The summed E-state index contributed by atoms with van der Waals surface area (Å²) in [6.45, 7) is 0.525. The molecule has 5 heteroatoms. The number of hydrogen-bond donors (Lipinski definition) is 1. The predicted octanol–water partition coefficient (Wildman–Crippen LogP) is 3.39. The minimum Gasteiger partial charge on any atom is -0.497 e. The molecule has 3 rings (SSSR count). The molecule has 0 bridgehead atoms. The molecule has 106 valence electrons. The minimum atomic E-state index is -0.332. The third-order valence-corrected chi connectivity index (χ3v) is 3.21. The summed E-state index contributed by atoms with van der Waals surface area (Å²) < 4.78 is 19.1. The number of rotatable bonds is 4. The topological polar surface area (TPSA) is 47.0 Å². The number of halogens is 1. The Balaban J connectivity index is 1.88. The van der Waals surface area contributed by atoms with Crippen molar-refractivity contribution in [3.05, 3.63) is 60.2 Å². The van der Waals surface area contributed by atoms with Crippen LogP contribution in [0.5, 0.6) is 5.75 Å². The van der Waals surface area contributed by atoms with E-state index in [4.69, 9.17) is 4.74 Å². The van der Waals surface area contributed by atoms with E-state index in [1.54, 1.807) is 19.2 Å². The SMILES string of the molecule is COc1cccc(CNc2ncnc3cccc(F)c23)c1. The van der Waals surface area contributed by atoms with Crippen molar-refractivity contribution in [2.75, 3.05) is 12.4 Å². The molecule has 0 saturated carbocycles. The maximum Gasteiger partial charge on any atom is 0.140 e. The molecule has 1 N–H and O–H groups in total. The van der Waals surface area contributed by atoms with E-state index in [0.29, 0.717) is 23.3 Å². The van der Waals surface area contributed by atoms with Crippen LogP contribution in [0, 0.1) is 5.82 Å². The zero-order chi connectivity index (χ0) is 14.7. The van der Waals surface area contributed by atoms with Crippen molar-refractivity contribution in [2.45, 2.75) is 6.54 Å². The number of nitrogens with zero attached hydrogens (tertiary/aromatic N) is 2. The molecule has 0 unspecified atom stereocenters. The summed E-state index contributed by atoms with van der Waals surface area (Å²) in [5, 5.41) is 3.55. The van der Waals surface area contributed by atoms with Crippen LogP contribution in [0.3, 0.4) is 0 Å². The Morgan fingerprint density at radius 3 is 2.86 bits per heavy atom. The second-order valence-corrected chi connectivity index (χ2v) is 4.56. The Hall–Kier alpha value is -2.69. The Kier molecular flexibility index (Phi) is 3.64. The number of ether oxygens (including phenoxy) is 1. The molecule has 2 aromatic carbocycles. The van der Waals surface area contributed by atoms with Crippen molar-refractivity contribution in [1.82, 2.24) is 9.97 Å². The van der Waals surface area contributed by atoms with Crippen LogP contribution in [0.1, 0.15) is 5.56 Å². The smallest absolute Gasteiger partial charge is 0.140 e. The number of hydrogen-bond acceptors (Lipinski definition) is 4. The Morgan fingerprint density at radius 1 is 1.14 bits per heavy atom. The molecule has 21 heavy (non-hydrogen) atoms. The van der Waals surface area contributed by atoms with Gasteiger partial charge in [0.15, 0.2) is 0 Å². The fourth-order valence-corrected chi connectivity index (χ4v) is 2.17. The van der Waals surface area contributed by atoms with E-state index >= 15 is 0 Å². The van der Waals surface area contributed by atoms with E-state index in [1.165, 1.54) is 12.4 Å². The van der Waals surface area contributed by atoms with Crippen molar-refractivity contribution >= 4 is 16.7 Å². The number of aromatic nitrogens is 2. The first-order chi connectivity index (χ1) is 10.3. The third-order valence-electron chi connectivity index (χ3n) is 3.21. The maximum atomic E-state index is 14.0. The highest BCUT2D eigenvalue weighted by molar-refractivity contribution is 5.89. The fourth-order valence-electron chi connectivity index (χ4n) is 2.17. The molecule has 0 aliphatic carbocycles. The van der Waals surface area contributed by atoms with Crippen molar-refractivity contribution in [3.8, 4) is 5.75 Å². The van der Waals surface area contributed by atoms with Crippen LogP contribution in [-0.4, -0.2) is 17.1 Å². The summed E-state index contributed by atoms with van der Waals surface area (Å²) >= 11 is 0. The third kappa shape index (κ3) is 2.76. The molecule has 0 radical (unpaired) electrons. The fraction of sp³-hybridized carbons (Fsp3) is 0.125. The second kappa shape index (κ2) is 5.75. The van der Waals surface area contributed by atoms with Gasteiger partial charge in [-0.3, -0.25) is 0 Å². The summed E-state index contributed by atoms with van der Waals surface area (Å²) in [7, 11) is 1.62. The highest BCUT2D eigenvalue weighted by Crippen LogP contribution is 2.23. The highest BCUT2D eigenvalue weighted by atomic mass is 19.1. The van der Waals surface area contributed by atoms with Gasteiger partial charge in [-0.15, -0.1) is 0 Å². The first-order valence-corrected chi connectivity index (χ1v) is 6.54. The first kappa shape index (κ1) is 13.3. The van der Waals surface area contributed by atoms with E-state index in [1.807, 2.05) is 24.3 Å². The zero-order valence-electron chi connectivity index (χ0n) is 11.5. The number of benzene rings is 2. The van der Waals surface area contributed by atoms with Gasteiger partial charge >= 0.3 is 0 Å². The van der Waals surface area contributed by atoms with Crippen LogP contribution < -0.4 is 10.1 Å². The molecule has 0 spiro atoms. The molecule has 0 atom stereocenters. The van der Waals surface area contributed by atoms with Gasteiger partial charge in [0.2, 0.25) is 0 Å². The lowest BCUT2D eigenvalue weighted by molar-refractivity contribution is 0.414. The number of methoxy groups -OCH3 is 1. The van der Waals surface area contributed by atoms with Crippen LogP contribution in [0.2, 0.25) is 0 Å². The van der Waals surface area contributed by atoms with Gasteiger partial charge < -0.3 is 10.1 Å². The second-order valence-electron chi connectivity index (χ2n) is 4.56. The van der Waals surface area contributed by atoms with Crippen LogP contribution in [0.4, 0.5) is 10.2 Å². The standard InChI is InChI=1S/C16H14FN3O/c1-21-12-5-2-4-11(8-12)9-18-16-15-13(17)6-3-7-14(15)19-10-20-16/h2-8,10H,9H2,1H3,(H,18,19,20). The summed E-state index contributed by atoms with van der Waals surface area (Å²) in [5.41, 5.74) is 1.61. The van der Waals surface area contributed by atoms with Gasteiger partial charge in [-0.1, -0.05) is 18.2 Å². The monoisotopic (exact) mass is 283 g/mol. The quantitative estimate of drug-likeness (QED) is 0.797. The minimum absolute atomic E-state index is 0.332. The maximum absolute atomic E-state index is 14.0. The Bertz CT molecular complexity index is 771. The van der Waals surface area contributed by atoms with E-state index < -0.39 is 0 Å². The summed E-state index contributed by atoms with van der Waals surface area (Å²) in [4.78, 5) is 8.21. The summed E-state index contributed by atoms with van der Waals surface area (Å²) in [5.74, 6) is 0.940. The Labute approximate surface area is 121 Å². The molecular formula is C16H14FN3O. The lowest BCUT2D eigenvalue weighted by Crippen LogP contribution is -2.03. The van der Waals surface area contributed by atoms with Crippen molar-refractivity contribution in [1.29, 1.82) is 0 Å². The Morgan fingerprint density at radius 2 is 2.00 bits per heavy atom. The van der Waals surface area contributed by atoms with Gasteiger partial charge in [0.1, 0.15) is 23.7 Å². The predicted molar refractivity (Wildman–Crippen MR) is 79.8 cm³/mol. The summed E-state index contributed by atoms with van der Waals surface area (Å²) in [6.07, 6.45) is 1.43. The molecule has 1 heterocycles. The van der Waals surface area contributed by atoms with Crippen LogP contribution in [0.15, 0.2) is 48.8 Å². The molecule has 4 nitrogen and oxygen atoms in total. The van der Waals surface area contributed by atoms with Gasteiger partial charge in [-0.05, 0) is 29.8 Å². The van der Waals surface area contributed by atoms with Crippen molar-refractivity contribution < 1.29 is 9.13 Å². The van der Waals surface area contributed by atoms with E-state index in [2.05, 4.69) is 15.3 Å². The molecular weight excluding hydrogens is 269 g/mol. The molecule has 0 aliphatic rings. The average Bonchev–Trinajstić information content (AvgIpc) is 2.53. The van der Waals surface area contributed by atoms with E-state index in [-0.39, 0.29) is 5.82 Å². The molecule has 0 saturated heterocycles. The van der Waals surface area contributed by atoms with Crippen molar-refractivity contribution in [3.63, 3.8) is 0 Å². The van der Waals surface area contributed by atoms with E-state index in [0.717, 1.165) is 11.3 Å². The van der Waals surface area contributed by atoms with Gasteiger partial charge in [-0.25, -0.2) is 14.4 Å². The van der Waals surface area contributed by atoms with Gasteiger partial charge in [0.25, 0.3) is 0 Å². The molecule has 1 aromatic heterocycles. The van der Waals surface area contributed by atoms with Gasteiger partial charge in [-0.2, -0.15) is 0 Å². The number of nitrogens with one attached hydrogen (secondary N) is 1. The van der Waals surface area contributed by atoms with Gasteiger partial charge in [0.05, 0.1) is 18.0 Å². The number of anilines is 1. The molecule has 0 fully saturated rings. The first-order valence-electron chi connectivity index (χ1n) is 6.54. The van der Waals surface area contributed by atoms with Crippen LogP contribution >= 0.6 is 0 Å². The van der Waals surface area contributed by atoms with Crippen LogP contribution in [-0.2, 0) is 6.54 Å². The molecule has 0 aliphatic heterocycles. The average molecular weight is 283 g/mol.